The van der Waals surface area contributed by atoms with Gasteiger partial charge in [-0.25, -0.2) is 4.79 Å². The highest BCUT2D eigenvalue weighted by molar-refractivity contribution is 5.88. The topological polar surface area (TPSA) is 94.7 Å². The van der Waals surface area contributed by atoms with Crippen LogP contribution >= 0.6 is 0 Å². The molecule has 0 amide bonds. The summed E-state index contributed by atoms with van der Waals surface area (Å²) in [5.74, 6) is -0.343. The van der Waals surface area contributed by atoms with Crippen molar-refractivity contribution < 1.29 is 14.6 Å². The molecule has 110 valence electrons. The van der Waals surface area contributed by atoms with Gasteiger partial charge in [-0.3, -0.25) is 5.43 Å². The molecule has 0 atom stereocenters. The smallest absolute Gasteiger partial charge is 0.335 e. The number of benzene rings is 2. The maximum atomic E-state index is 10.7. The van der Waals surface area contributed by atoms with Crippen LogP contribution in [-0.4, -0.2) is 23.9 Å². The number of hydrogen-bond donors (Lipinski definition) is 2. The second-order valence-corrected chi connectivity index (χ2v) is 4.27. The number of ether oxygens (including phenoxy) is 1. The minimum Gasteiger partial charge on any atom is -0.479 e. The first-order valence-corrected chi connectivity index (χ1v) is 6.41. The van der Waals surface area contributed by atoms with Crippen LogP contribution in [0.2, 0.25) is 0 Å². The summed E-state index contributed by atoms with van der Waals surface area (Å²) in [7, 11) is 0. The third kappa shape index (κ3) is 4.35. The van der Waals surface area contributed by atoms with E-state index in [2.05, 4.69) is 10.5 Å². The summed E-state index contributed by atoms with van der Waals surface area (Å²) < 4.78 is 5.15. The monoisotopic (exact) mass is 295 g/mol. The van der Waals surface area contributed by atoms with Crippen LogP contribution in [0.5, 0.6) is 5.75 Å². The molecule has 2 N–H and O–H groups in total. The van der Waals surface area contributed by atoms with Gasteiger partial charge in [0.15, 0.2) is 6.61 Å². The molecule has 0 spiro atoms. The van der Waals surface area contributed by atoms with E-state index in [9.17, 15) is 4.79 Å². The Kier molecular flexibility index (Phi) is 5.10. The molecule has 22 heavy (non-hydrogen) atoms. The molecule has 0 fully saturated rings. The number of hydrogen-bond acceptors (Lipinski definition) is 5. The summed E-state index contributed by atoms with van der Waals surface area (Å²) in [6, 6.07) is 15.3. The standard InChI is InChI=1S/C16H13N3O3/c17-9-10-22-15-7-1-12(2-8-15)11-18-19-14-5-3-13(4-6-14)16(20)21/h1-8,11,19H,10H2,(H,20,21)/b18-11-. The predicted octanol–water partition coefficient (Wildman–Crippen LogP) is 2.73. The molecule has 0 bridgehead atoms. The van der Waals surface area contributed by atoms with Gasteiger partial charge in [0.25, 0.3) is 0 Å². The van der Waals surface area contributed by atoms with E-state index in [0.29, 0.717) is 11.4 Å². The second-order valence-electron chi connectivity index (χ2n) is 4.27. The number of rotatable bonds is 6. The van der Waals surface area contributed by atoms with Crippen LogP contribution < -0.4 is 10.2 Å². The lowest BCUT2D eigenvalue weighted by atomic mass is 10.2. The Bertz CT molecular complexity index is 701. The lowest BCUT2D eigenvalue weighted by Crippen LogP contribution is -1.96. The molecule has 0 aliphatic heterocycles. The highest BCUT2D eigenvalue weighted by atomic mass is 16.5. The Hall–Kier alpha value is -3.33. The van der Waals surface area contributed by atoms with E-state index in [1.165, 1.54) is 12.1 Å². The quantitative estimate of drug-likeness (QED) is 0.631. The molecule has 0 saturated carbocycles. The molecule has 0 radical (unpaired) electrons. The average Bonchev–Trinajstić information content (AvgIpc) is 2.54. The van der Waals surface area contributed by atoms with Gasteiger partial charge in [0.1, 0.15) is 11.8 Å². The molecule has 0 aliphatic rings. The first kappa shape index (κ1) is 15.1. The van der Waals surface area contributed by atoms with Gasteiger partial charge in [-0.15, -0.1) is 0 Å². The zero-order valence-corrected chi connectivity index (χ0v) is 11.6. The van der Waals surface area contributed by atoms with Crippen molar-refractivity contribution in [1.82, 2.24) is 0 Å². The number of carboxylic acids is 1. The van der Waals surface area contributed by atoms with Crippen molar-refractivity contribution in [3.05, 3.63) is 59.7 Å². The lowest BCUT2D eigenvalue weighted by Gasteiger charge is -2.02. The summed E-state index contributed by atoms with van der Waals surface area (Å²) in [6.07, 6.45) is 1.62. The minimum absolute atomic E-state index is 0.0152. The number of aromatic carboxylic acids is 1. The molecule has 0 aliphatic carbocycles. The molecule has 0 saturated heterocycles. The Labute approximate surface area is 127 Å². The SMILES string of the molecule is N#CCOc1ccc(/C=N\Nc2ccc(C(=O)O)cc2)cc1. The Morgan fingerprint density at radius 1 is 1.23 bits per heavy atom. The van der Waals surface area contributed by atoms with Gasteiger partial charge < -0.3 is 9.84 Å². The van der Waals surface area contributed by atoms with E-state index in [1.54, 1.807) is 30.5 Å². The molecule has 0 heterocycles. The highest BCUT2D eigenvalue weighted by Gasteiger charge is 2.00. The fraction of sp³-hybridized carbons (Fsp3) is 0.0625. The van der Waals surface area contributed by atoms with Crippen molar-refractivity contribution in [2.24, 2.45) is 5.10 Å². The van der Waals surface area contributed by atoms with Crippen LogP contribution in [0.4, 0.5) is 5.69 Å². The van der Waals surface area contributed by atoms with Crippen LogP contribution in [0.3, 0.4) is 0 Å². The van der Waals surface area contributed by atoms with E-state index in [1.807, 2.05) is 18.2 Å². The average molecular weight is 295 g/mol. The van der Waals surface area contributed by atoms with Gasteiger partial charge in [0.2, 0.25) is 0 Å². The third-order valence-corrected chi connectivity index (χ3v) is 2.72. The van der Waals surface area contributed by atoms with Crippen LogP contribution in [-0.2, 0) is 0 Å². The number of nitriles is 1. The number of nitrogens with one attached hydrogen (secondary N) is 1. The molecule has 2 aromatic carbocycles. The maximum absolute atomic E-state index is 10.7. The number of anilines is 1. The van der Waals surface area contributed by atoms with Crippen LogP contribution in [0, 0.1) is 11.3 Å². The van der Waals surface area contributed by atoms with Gasteiger partial charge in [-0.05, 0) is 54.1 Å². The molecular formula is C16H13N3O3. The number of hydrazone groups is 1. The van der Waals surface area contributed by atoms with Crippen molar-refractivity contribution in [3.8, 4) is 11.8 Å². The molecule has 2 rings (SSSR count). The van der Waals surface area contributed by atoms with Gasteiger partial charge in [0, 0.05) is 0 Å². The summed E-state index contributed by atoms with van der Waals surface area (Å²) in [5.41, 5.74) is 4.59. The summed E-state index contributed by atoms with van der Waals surface area (Å²) in [4.78, 5) is 10.7. The largest absolute Gasteiger partial charge is 0.479 e. The molecule has 6 heteroatoms. The summed E-state index contributed by atoms with van der Waals surface area (Å²) in [5, 5.41) is 21.3. The molecule has 0 aromatic heterocycles. The Balaban J connectivity index is 1.91. The zero-order chi connectivity index (χ0) is 15.8. The highest BCUT2D eigenvalue weighted by Crippen LogP contribution is 2.12. The van der Waals surface area contributed by atoms with Gasteiger partial charge >= 0.3 is 5.97 Å². The number of carbonyl (C=O) groups is 1. The molecule has 0 unspecified atom stereocenters. The number of carboxylic acid groups (broad SMARTS) is 1. The van der Waals surface area contributed by atoms with Gasteiger partial charge in [-0.2, -0.15) is 10.4 Å². The van der Waals surface area contributed by atoms with Crippen LogP contribution in [0.25, 0.3) is 0 Å². The van der Waals surface area contributed by atoms with Crippen molar-refractivity contribution >= 4 is 17.9 Å². The van der Waals surface area contributed by atoms with E-state index >= 15 is 0 Å². The van der Waals surface area contributed by atoms with Crippen molar-refractivity contribution in [2.75, 3.05) is 12.0 Å². The third-order valence-electron chi connectivity index (χ3n) is 2.72. The van der Waals surface area contributed by atoms with E-state index < -0.39 is 5.97 Å². The molecule has 2 aromatic rings. The van der Waals surface area contributed by atoms with E-state index in [4.69, 9.17) is 15.1 Å². The fourth-order valence-corrected chi connectivity index (χ4v) is 1.63. The predicted molar refractivity (Wildman–Crippen MR) is 82.2 cm³/mol. The first-order valence-electron chi connectivity index (χ1n) is 6.41. The van der Waals surface area contributed by atoms with Crippen LogP contribution in [0.15, 0.2) is 53.6 Å². The lowest BCUT2D eigenvalue weighted by molar-refractivity contribution is 0.0697. The number of nitrogens with zero attached hydrogens (tertiary/aromatic N) is 2. The van der Waals surface area contributed by atoms with E-state index in [-0.39, 0.29) is 12.2 Å². The summed E-state index contributed by atoms with van der Waals surface area (Å²) >= 11 is 0. The minimum atomic E-state index is -0.964. The Morgan fingerprint density at radius 2 is 1.91 bits per heavy atom. The van der Waals surface area contributed by atoms with Crippen molar-refractivity contribution in [2.45, 2.75) is 0 Å². The maximum Gasteiger partial charge on any atom is 0.335 e. The Morgan fingerprint density at radius 3 is 2.50 bits per heavy atom. The van der Waals surface area contributed by atoms with Crippen LogP contribution in [0.1, 0.15) is 15.9 Å². The van der Waals surface area contributed by atoms with Crippen molar-refractivity contribution in [3.63, 3.8) is 0 Å². The molecular weight excluding hydrogens is 282 g/mol. The van der Waals surface area contributed by atoms with Gasteiger partial charge in [-0.1, -0.05) is 0 Å². The van der Waals surface area contributed by atoms with Gasteiger partial charge in [0.05, 0.1) is 17.5 Å². The second kappa shape index (κ2) is 7.45. The molecule has 6 nitrogen and oxygen atoms in total. The zero-order valence-electron chi connectivity index (χ0n) is 11.6. The summed E-state index contributed by atoms with van der Waals surface area (Å²) in [6.45, 7) is 0.0152. The fourth-order valence-electron chi connectivity index (χ4n) is 1.63. The normalized spacial score (nSPS) is 10.1. The van der Waals surface area contributed by atoms with Crippen molar-refractivity contribution in [1.29, 1.82) is 5.26 Å². The van der Waals surface area contributed by atoms with E-state index in [0.717, 1.165) is 5.56 Å². The first-order chi connectivity index (χ1) is 10.7.